The normalized spacial score (nSPS) is 27.5. The molecule has 0 aliphatic heterocycles. The van der Waals surface area contributed by atoms with Crippen molar-refractivity contribution in [2.75, 3.05) is 0 Å². The molecular formula is C36H33Cl2HfSi. The van der Waals surface area contributed by atoms with Crippen molar-refractivity contribution in [2.24, 2.45) is 11.3 Å². The average molecular weight is 743 g/mol. The molecule has 0 saturated heterocycles. The van der Waals surface area contributed by atoms with Crippen molar-refractivity contribution in [1.29, 1.82) is 0 Å². The molecule has 0 nitrogen and oxygen atoms in total. The van der Waals surface area contributed by atoms with Crippen molar-refractivity contribution in [3.8, 4) is 0 Å². The Morgan fingerprint density at radius 1 is 0.875 bits per heavy atom. The van der Waals surface area contributed by atoms with Crippen LogP contribution >= 0.6 is 17.2 Å². The molecule has 6 rings (SSSR count). The Labute approximate surface area is 256 Å². The Morgan fingerprint density at radius 2 is 1.57 bits per heavy atom. The van der Waals surface area contributed by atoms with Crippen LogP contribution in [-0.4, -0.2) is 15.0 Å². The number of fused-ring (bicyclic) bond motifs is 1. The first-order valence-electron chi connectivity index (χ1n) is 13.9. The number of rotatable bonds is 5. The molecule has 3 unspecified atom stereocenters. The maximum absolute atomic E-state index is 7.13. The van der Waals surface area contributed by atoms with Gasteiger partial charge in [0.15, 0.2) is 0 Å². The molecular weight excluding hydrogens is 710 g/mol. The molecule has 0 radical (unpaired) electrons. The molecule has 4 aliphatic rings. The summed E-state index contributed by atoms with van der Waals surface area (Å²) in [5.74, 6) is 0.186. The van der Waals surface area contributed by atoms with Gasteiger partial charge in [-0.15, -0.1) is 0 Å². The molecule has 199 valence electrons. The number of allylic oxidation sites excluding steroid dienone is 16. The predicted molar refractivity (Wildman–Crippen MR) is 173 cm³/mol. The molecule has 2 aromatic rings. The summed E-state index contributed by atoms with van der Waals surface area (Å²) in [5.41, 5.74) is 9.88. The first-order chi connectivity index (χ1) is 19.3. The zero-order chi connectivity index (χ0) is 28.1. The Morgan fingerprint density at radius 3 is 2.23 bits per heavy atom. The maximum atomic E-state index is 7.13. The van der Waals surface area contributed by atoms with Gasteiger partial charge >= 0.3 is 258 Å². The van der Waals surface area contributed by atoms with Gasteiger partial charge in [0.2, 0.25) is 0 Å². The Balaban J connectivity index is 1.80. The number of hydrogen-bond acceptors (Lipinski definition) is 0. The second-order valence-corrected chi connectivity index (χ2v) is 23.6. The van der Waals surface area contributed by atoms with Crippen molar-refractivity contribution in [3.05, 3.63) is 158 Å². The van der Waals surface area contributed by atoms with Crippen LogP contribution in [0.2, 0.25) is 0 Å². The van der Waals surface area contributed by atoms with Crippen molar-refractivity contribution in [3.63, 3.8) is 0 Å². The summed E-state index contributed by atoms with van der Waals surface area (Å²) in [4.78, 5) is 0. The van der Waals surface area contributed by atoms with Gasteiger partial charge < -0.3 is 0 Å². The molecule has 0 saturated carbocycles. The molecule has 2 aromatic carbocycles. The van der Waals surface area contributed by atoms with Crippen LogP contribution in [-0.2, 0) is 24.5 Å². The standard InChI is InChI=1S/C36H33Si.2ClH.Hf/c1-25-24-32-29(26(25)2)18-13-19-33(37)36(32,28-16-9-5-10-17-28)34-30(27-14-7-4-8-15-27)20-21-31(34)35(3)22-11-6-12-23-35;;;/h4-22,31H,23,37H2,1-3H3;2*1H;/q;;;+2/p-2. The van der Waals surface area contributed by atoms with Crippen molar-refractivity contribution in [2.45, 2.75) is 32.6 Å². The van der Waals surface area contributed by atoms with Crippen LogP contribution in [0.3, 0.4) is 0 Å². The van der Waals surface area contributed by atoms with E-state index in [-0.39, 0.29) is 11.3 Å². The zero-order valence-corrected chi connectivity index (χ0v) is 29.7. The van der Waals surface area contributed by atoms with E-state index in [0.29, 0.717) is 0 Å². The fraction of sp³-hybridized carbons (Fsp3) is 0.194. The van der Waals surface area contributed by atoms with Crippen molar-refractivity contribution < 1.29 is 19.1 Å². The van der Waals surface area contributed by atoms with Crippen molar-refractivity contribution in [1.82, 2.24) is 0 Å². The molecule has 0 aromatic heterocycles. The summed E-state index contributed by atoms with van der Waals surface area (Å²) >= 11 is -3.12. The summed E-state index contributed by atoms with van der Waals surface area (Å²) in [5, 5.41) is 1.33. The predicted octanol–water partition coefficient (Wildman–Crippen LogP) is 8.92. The Hall–Kier alpha value is -2.10. The van der Waals surface area contributed by atoms with Gasteiger partial charge in [-0.05, 0) is 0 Å². The second kappa shape index (κ2) is 10.9. The Kier molecular flexibility index (Phi) is 7.67. The minimum absolute atomic E-state index is 0.0656. The van der Waals surface area contributed by atoms with E-state index in [2.05, 4.69) is 136 Å². The van der Waals surface area contributed by atoms with E-state index in [1.165, 1.54) is 53.1 Å². The number of benzene rings is 2. The van der Waals surface area contributed by atoms with Crippen LogP contribution in [0.25, 0.3) is 5.57 Å². The molecule has 4 aliphatic carbocycles. The van der Waals surface area contributed by atoms with Gasteiger partial charge in [-0.1, -0.05) is 0 Å². The van der Waals surface area contributed by atoms with Crippen LogP contribution in [0.5, 0.6) is 0 Å². The van der Waals surface area contributed by atoms with Crippen molar-refractivity contribution >= 4 is 37.8 Å². The molecule has 0 N–H and O–H groups in total. The van der Waals surface area contributed by atoms with Gasteiger partial charge in [0.25, 0.3) is 0 Å². The summed E-state index contributed by atoms with van der Waals surface area (Å²) in [6.07, 6.45) is 21.8. The average Bonchev–Trinajstić information content (AvgIpc) is 3.47. The SMILES string of the molecule is CC1=C(C)[C]([Hf]([Cl])[Cl])=C2C1=CC=CC(=[SiH2])C2(C1=C(c2ccccc2)C=CC1C1(C)C=CC=CC1)c1ccccc1. The van der Waals surface area contributed by atoms with E-state index in [4.69, 9.17) is 17.2 Å². The van der Waals surface area contributed by atoms with Crippen LogP contribution in [0.4, 0.5) is 0 Å². The van der Waals surface area contributed by atoms with Gasteiger partial charge in [0, 0.05) is 0 Å². The molecule has 3 atom stereocenters. The van der Waals surface area contributed by atoms with Gasteiger partial charge in [0.05, 0.1) is 0 Å². The van der Waals surface area contributed by atoms with E-state index in [1.54, 1.807) is 0 Å². The van der Waals surface area contributed by atoms with Gasteiger partial charge in [0.1, 0.15) is 0 Å². The minimum atomic E-state index is -3.12. The first-order valence-corrected chi connectivity index (χ1v) is 25.3. The summed E-state index contributed by atoms with van der Waals surface area (Å²) in [7, 11) is 16.3. The number of hydrogen-bond donors (Lipinski definition) is 0. The molecule has 4 heteroatoms. The quantitative estimate of drug-likeness (QED) is 0.269. The molecule has 0 bridgehead atoms. The third-order valence-electron chi connectivity index (χ3n) is 9.21. The fourth-order valence-electron chi connectivity index (χ4n) is 7.14. The van der Waals surface area contributed by atoms with Gasteiger partial charge in [-0.2, -0.15) is 0 Å². The zero-order valence-electron chi connectivity index (χ0n) is 23.2. The summed E-state index contributed by atoms with van der Waals surface area (Å²) in [6.45, 7) is 6.89. The molecule has 40 heavy (non-hydrogen) atoms. The second-order valence-electron chi connectivity index (χ2n) is 11.4. The molecule has 0 spiro atoms. The number of halogens is 2. The molecule has 0 amide bonds. The third kappa shape index (κ3) is 4.29. The Bertz CT molecular complexity index is 1630. The van der Waals surface area contributed by atoms with E-state index in [1.807, 2.05) is 9.85 Å². The van der Waals surface area contributed by atoms with Gasteiger partial charge in [-0.25, -0.2) is 0 Å². The summed E-state index contributed by atoms with van der Waals surface area (Å²) < 4.78 is 1.25. The van der Waals surface area contributed by atoms with Crippen LogP contribution < -0.4 is 0 Å². The van der Waals surface area contributed by atoms with E-state index < -0.39 is 24.5 Å². The fourth-order valence-corrected chi connectivity index (χ4v) is 15.2. The van der Waals surface area contributed by atoms with E-state index in [0.717, 1.165) is 6.42 Å². The first kappa shape index (κ1) is 28.0. The van der Waals surface area contributed by atoms with Crippen LogP contribution in [0.1, 0.15) is 38.3 Å². The molecule has 0 fully saturated rings. The molecule has 0 heterocycles. The van der Waals surface area contributed by atoms with Crippen LogP contribution in [0.15, 0.2) is 147 Å². The topological polar surface area (TPSA) is 0 Å². The van der Waals surface area contributed by atoms with E-state index >= 15 is 0 Å². The summed E-state index contributed by atoms with van der Waals surface area (Å²) in [6, 6.07) is 22.0. The van der Waals surface area contributed by atoms with Gasteiger partial charge in [-0.3, -0.25) is 0 Å². The van der Waals surface area contributed by atoms with E-state index in [9.17, 15) is 0 Å². The van der Waals surface area contributed by atoms with Crippen LogP contribution in [0, 0.1) is 11.3 Å². The monoisotopic (exact) mass is 743 g/mol. The third-order valence-corrected chi connectivity index (χ3v) is 16.7.